The molecule has 0 aromatic heterocycles. The van der Waals surface area contributed by atoms with Gasteiger partial charge in [-0.25, -0.2) is 0 Å². The van der Waals surface area contributed by atoms with Gasteiger partial charge < -0.3 is 5.32 Å². The van der Waals surface area contributed by atoms with Gasteiger partial charge in [0.25, 0.3) is 0 Å². The molecule has 0 aliphatic carbocycles. The number of nitriles is 1. The average Bonchev–Trinajstić information content (AvgIpc) is 2.11. The van der Waals surface area contributed by atoms with Gasteiger partial charge in [-0.2, -0.15) is 5.26 Å². The highest BCUT2D eigenvalue weighted by Gasteiger charge is 2.17. The highest BCUT2D eigenvalue weighted by molar-refractivity contribution is 5.80. The third-order valence-electron chi connectivity index (χ3n) is 1.85. The summed E-state index contributed by atoms with van der Waals surface area (Å²) in [5.41, 5.74) is 0. The molecular formula is C8H15N3O. The largest absolute Gasteiger partial charge is 0.358 e. The van der Waals surface area contributed by atoms with Crippen molar-refractivity contribution in [2.24, 2.45) is 0 Å². The normalized spacial score (nSPS) is 12.2. The molecule has 0 aliphatic rings. The zero-order valence-corrected chi connectivity index (χ0v) is 7.79. The van der Waals surface area contributed by atoms with Gasteiger partial charge >= 0.3 is 0 Å². The highest BCUT2D eigenvalue weighted by atomic mass is 16.2. The molecule has 0 fully saturated rings. The van der Waals surface area contributed by atoms with Crippen LogP contribution < -0.4 is 5.32 Å². The molecule has 68 valence electrons. The summed E-state index contributed by atoms with van der Waals surface area (Å²) < 4.78 is 0. The Labute approximate surface area is 73.2 Å². The van der Waals surface area contributed by atoms with Crippen molar-refractivity contribution in [3.8, 4) is 6.07 Å². The van der Waals surface area contributed by atoms with Gasteiger partial charge in [0.15, 0.2) is 0 Å². The third-order valence-corrected chi connectivity index (χ3v) is 1.85. The third kappa shape index (κ3) is 2.89. The second-order valence-electron chi connectivity index (χ2n) is 2.51. The van der Waals surface area contributed by atoms with E-state index in [4.69, 9.17) is 5.26 Å². The second kappa shape index (κ2) is 5.56. The van der Waals surface area contributed by atoms with Crippen molar-refractivity contribution in [3.63, 3.8) is 0 Å². The van der Waals surface area contributed by atoms with E-state index in [-0.39, 0.29) is 11.9 Å². The summed E-state index contributed by atoms with van der Waals surface area (Å²) in [5, 5.41) is 11.0. The van der Waals surface area contributed by atoms with Crippen molar-refractivity contribution in [1.29, 1.82) is 5.26 Å². The van der Waals surface area contributed by atoms with Gasteiger partial charge in [0.1, 0.15) is 0 Å². The van der Waals surface area contributed by atoms with Crippen LogP contribution in [0.15, 0.2) is 0 Å². The molecule has 0 aliphatic heterocycles. The first kappa shape index (κ1) is 10.9. The Hall–Kier alpha value is -1.08. The van der Waals surface area contributed by atoms with Crippen LogP contribution >= 0.6 is 0 Å². The predicted octanol–water partition coefficient (Wildman–Crippen LogP) is -0.0336. The maximum absolute atomic E-state index is 11.1. The molecule has 0 radical (unpaired) electrons. The van der Waals surface area contributed by atoms with E-state index in [1.165, 1.54) is 0 Å². The maximum atomic E-state index is 11.1. The van der Waals surface area contributed by atoms with Crippen molar-refractivity contribution >= 4 is 5.91 Å². The number of rotatable bonds is 4. The lowest BCUT2D eigenvalue weighted by molar-refractivity contribution is -0.125. The fraction of sp³-hybridized carbons (Fsp3) is 0.750. The van der Waals surface area contributed by atoms with E-state index < -0.39 is 0 Å². The van der Waals surface area contributed by atoms with Gasteiger partial charge in [-0.05, 0) is 13.5 Å². The van der Waals surface area contributed by atoms with E-state index in [9.17, 15) is 4.79 Å². The molecule has 4 heteroatoms. The van der Waals surface area contributed by atoms with Crippen LogP contribution in [0, 0.1) is 11.3 Å². The molecule has 12 heavy (non-hydrogen) atoms. The van der Waals surface area contributed by atoms with Crippen molar-refractivity contribution in [3.05, 3.63) is 0 Å². The van der Waals surface area contributed by atoms with Crippen molar-refractivity contribution in [1.82, 2.24) is 10.2 Å². The Bertz CT molecular complexity index is 185. The number of amides is 1. The van der Waals surface area contributed by atoms with Crippen LogP contribution in [0.4, 0.5) is 0 Å². The first-order valence-electron chi connectivity index (χ1n) is 4.00. The molecule has 0 spiro atoms. The minimum absolute atomic E-state index is 0.0490. The van der Waals surface area contributed by atoms with E-state index in [0.29, 0.717) is 13.1 Å². The molecule has 0 bridgehead atoms. The lowest BCUT2D eigenvalue weighted by atomic mass is 10.2. The van der Waals surface area contributed by atoms with E-state index in [0.717, 1.165) is 0 Å². The summed E-state index contributed by atoms with van der Waals surface area (Å²) in [7, 11) is 1.60. The number of nitrogens with zero attached hydrogens (tertiary/aromatic N) is 2. The Kier molecular flexibility index (Phi) is 5.06. The first-order valence-corrected chi connectivity index (χ1v) is 4.00. The number of nitrogens with one attached hydrogen (secondary N) is 1. The summed E-state index contributed by atoms with van der Waals surface area (Å²) in [6.45, 7) is 4.73. The first-order chi connectivity index (χ1) is 5.67. The summed E-state index contributed by atoms with van der Waals surface area (Å²) in [6.07, 6.45) is 0. The van der Waals surface area contributed by atoms with Crippen molar-refractivity contribution in [2.75, 3.05) is 20.1 Å². The number of carbonyl (C=O) groups excluding carboxylic acids is 1. The SMILES string of the molecule is CCN(CC#N)C(C)C(=O)NC. The molecule has 1 N–H and O–H groups in total. The fourth-order valence-electron chi connectivity index (χ4n) is 0.988. The molecule has 1 atom stereocenters. The molecule has 0 rings (SSSR count). The molecule has 0 aromatic rings. The molecule has 0 saturated heterocycles. The van der Waals surface area contributed by atoms with Gasteiger partial charge in [-0.15, -0.1) is 0 Å². The minimum atomic E-state index is -0.223. The summed E-state index contributed by atoms with van der Waals surface area (Å²) in [5.74, 6) is -0.0490. The second-order valence-corrected chi connectivity index (χ2v) is 2.51. The number of carbonyl (C=O) groups is 1. The Balaban J connectivity index is 4.12. The molecule has 1 amide bonds. The number of likely N-dealkylation sites (N-methyl/N-ethyl adjacent to an activating group) is 2. The smallest absolute Gasteiger partial charge is 0.236 e. The van der Waals surface area contributed by atoms with Gasteiger partial charge in [0.2, 0.25) is 5.91 Å². The van der Waals surface area contributed by atoms with Crippen molar-refractivity contribution < 1.29 is 4.79 Å². The summed E-state index contributed by atoms with van der Waals surface area (Å²) in [6, 6.07) is 1.80. The van der Waals surface area contributed by atoms with Crippen LogP contribution in [0.25, 0.3) is 0 Å². The fourth-order valence-corrected chi connectivity index (χ4v) is 0.988. The lowest BCUT2D eigenvalue weighted by Gasteiger charge is -2.23. The topological polar surface area (TPSA) is 56.1 Å². The Morgan fingerprint density at radius 3 is 2.67 bits per heavy atom. The van der Waals surface area contributed by atoms with Gasteiger partial charge in [-0.3, -0.25) is 9.69 Å². The van der Waals surface area contributed by atoms with Crippen LogP contribution in [0.5, 0.6) is 0 Å². The Morgan fingerprint density at radius 2 is 2.33 bits per heavy atom. The highest BCUT2D eigenvalue weighted by Crippen LogP contribution is 1.96. The van der Waals surface area contributed by atoms with E-state index in [2.05, 4.69) is 5.32 Å². The summed E-state index contributed by atoms with van der Waals surface area (Å²) >= 11 is 0. The predicted molar refractivity (Wildman–Crippen MR) is 46.4 cm³/mol. The van der Waals surface area contributed by atoms with E-state index >= 15 is 0 Å². The van der Waals surface area contributed by atoms with Crippen LogP contribution in [0.3, 0.4) is 0 Å². The van der Waals surface area contributed by atoms with Gasteiger partial charge in [0.05, 0.1) is 18.7 Å². The zero-order valence-electron chi connectivity index (χ0n) is 7.79. The zero-order chi connectivity index (χ0) is 9.56. The quantitative estimate of drug-likeness (QED) is 0.601. The minimum Gasteiger partial charge on any atom is -0.358 e. The Morgan fingerprint density at radius 1 is 1.75 bits per heavy atom. The van der Waals surface area contributed by atoms with Gasteiger partial charge in [-0.1, -0.05) is 6.92 Å². The number of hydrogen-bond acceptors (Lipinski definition) is 3. The average molecular weight is 169 g/mol. The van der Waals surface area contributed by atoms with Crippen LogP contribution in [0.1, 0.15) is 13.8 Å². The van der Waals surface area contributed by atoms with E-state index in [1.54, 1.807) is 18.9 Å². The van der Waals surface area contributed by atoms with E-state index in [1.807, 2.05) is 13.0 Å². The van der Waals surface area contributed by atoms with Gasteiger partial charge in [0, 0.05) is 7.05 Å². The molecular weight excluding hydrogens is 154 g/mol. The molecule has 1 unspecified atom stereocenters. The maximum Gasteiger partial charge on any atom is 0.236 e. The molecule has 0 heterocycles. The van der Waals surface area contributed by atoms with Crippen LogP contribution in [-0.4, -0.2) is 37.0 Å². The number of hydrogen-bond donors (Lipinski definition) is 1. The van der Waals surface area contributed by atoms with Crippen LogP contribution in [-0.2, 0) is 4.79 Å². The molecule has 0 aromatic carbocycles. The lowest BCUT2D eigenvalue weighted by Crippen LogP contribution is -2.44. The van der Waals surface area contributed by atoms with Crippen LogP contribution in [0.2, 0.25) is 0 Å². The summed E-state index contributed by atoms with van der Waals surface area (Å²) in [4.78, 5) is 12.9. The molecule has 0 saturated carbocycles. The standard InChI is InChI=1S/C8H15N3O/c1-4-11(6-5-9)7(2)8(12)10-3/h7H,4,6H2,1-3H3,(H,10,12). The molecule has 4 nitrogen and oxygen atoms in total. The van der Waals surface area contributed by atoms with Crippen molar-refractivity contribution in [2.45, 2.75) is 19.9 Å². The monoisotopic (exact) mass is 169 g/mol.